The van der Waals surface area contributed by atoms with Gasteiger partial charge in [-0.3, -0.25) is 4.79 Å². The number of nitriles is 1. The maximum Gasteiger partial charge on any atom is 0.283 e. The first-order chi connectivity index (χ1) is 15.1. The molecular formula is C22H18F3N5O2. The van der Waals surface area contributed by atoms with E-state index in [9.17, 15) is 18.0 Å². The average molecular weight is 441 g/mol. The molecule has 10 heteroatoms. The minimum absolute atomic E-state index is 0.0107. The van der Waals surface area contributed by atoms with Gasteiger partial charge in [0.25, 0.3) is 18.4 Å². The SMILES string of the molecule is Cc1cc(C#N)cnc1C(=O)Nc1cc(F)c(C)c([C@]2(C(F)F)N=C(N)OC34CC32C4)c1. The van der Waals surface area contributed by atoms with Crippen molar-refractivity contribution in [1.29, 1.82) is 5.26 Å². The topological polar surface area (TPSA) is 113 Å². The summed E-state index contributed by atoms with van der Waals surface area (Å²) in [6, 6.07) is 5.46. The van der Waals surface area contributed by atoms with Crippen molar-refractivity contribution < 1.29 is 22.7 Å². The Labute approximate surface area is 181 Å². The van der Waals surface area contributed by atoms with Gasteiger partial charge < -0.3 is 15.8 Å². The Morgan fingerprint density at radius 1 is 1.31 bits per heavy atom. The molecule has 0 saturated heterocycles. The zero-order chi connectivity index (χ0) is 23.1. The van der Waals surface area contributed by atoms with Gasteiger partial charge in [0.15, 0.2) is 5.54 Å². The first-order valence-corrected chi connectivity index (χ1v) is 9.90. The van der Waals surface area contributed by atoms with Gasteiger partial charge in [-0.15, -0.1) is 0 Å². The first-order valence-electron chi connectivity index (χ1n) is 9.90. The summed E-state index contributed by atoms with van der Waals surface area (Å²) in [5.74, 6) is -1.42. The van der Waals surface area contributed by atoms with Gasteiger partial charge in [0.1, 0.15) is 23.2 Å². The van der Waals surface area contributed by atoms with Crippen molar-refractivity contribution in [3.8, 4) is 6.07 Å². The minimum atomic E-state index is -2.96. The van der Waals surface area contributed by atoms with Crippen molar-refractivity contribution in [3.05, 3.63) is 58.2 Å². The molecule has 0 spiro atoms. The Morgan fingerprint density at radius 2 is 2.03 bits per heavy atom. The number of benzene rings is 1. The fourth-order valence-corrected chi connectivity index (χ4v) is 5.03. The highest BCUT2D eigenvalue weighted by molar-refractivity contribution is 6.04. The van der Waals surface area contributed by atoms with Crippen LogP contribution in [0.5, 0.6) is 0 Å². The van der Waals surface area contributed by atoms with E-state index in [-0.39, 0.29) is 34.1 Å². The maximum absolute atomic E-state index is 14.9. The highest BCUT2D eigenvalue weighted by Gasteiger charge is 2.96. The quantitative estimate of drug-likeness (QED) is 0.756. The minimum Gasteiger partial charge on any atom is -0.458 e. The third kappa shape index (κ3) is 2.45. The van der Waals surface area contributed by atoms with Crippen molar-refractivity contribution in [2.45, 2.75) is 44.3 Å². The molecule has 32 heavy (non-hydrogen) atoms. The molecule has 164 valence electrons. The van der Waals surface area contributed by atoms with Crippen LogP contribution in [0, 0.1) is 36.4 Å². The molecule has 2 aromatic rings. The van der Waals surface area contributed by atoms with Gasteiger partial charge in [0.05, 0.1) is 11.0 Å². The van der Waals surface area contributed by atoms with Gasteiger partial charge in [-0.25, -0.2) is 23.1 Å². The summed E-state index contributed by atoms with van der Waals surface area (Å²) in [4.78, 5) is 20.7. The molecule has 3 aliphatic rings. The fraction of sp³-hybridized carbons (Fsp3) is 0.364. The van der Waals surface area contributed by atoms with Crippen LogP contribution in [0.25, 0.3) is 0 Å². The molecule has 1 atom stereocenters. The number of hydrogen-bond donors (Lipinski definition) is 2. The fourth-order valence-electron chi connectivity index (χ4n) is 5.03. The summed E-state index contributed by atoms with van der Waals surface area (Å²) >= 11 is 0. The predicted molar refractivity (Wildman–Crippen MR) is 108 cm³/mol. The number of ether oxygens (including phenoxy) is 1. The lowest BCUT2D eigenvalue weighted by Crippen LogP contribution is -2.44. The number of nitrogens with zero attached hydrogens (tertiary/aromatic N) is 3. The zero-order valence-electron chi connectivity index (χ0n) is 17.2. The highest BCUT2D eigenvalue weighted by Crippen LogP contribution is 2.89. The summed E-state index contributed by atoms with van der Waals surface area (Å²) < 4.78 is 49.6. The number of anilines is 1. The molecule has 5 rings (SSSR count). The molecular weight excluding hydrogens is 423 g/mol. The number of pyridine rings is 1. The molecule has 0 unspecified atom stereocenters. The number of nitrogens with one attached hydrogen (secondary N) is 1. The molecule has 2 fully saturated rings. The van der Waals surface area contributed by atoms with Gasteiger partial charge in [0.2, 0.25) is 0 Å². The van der Waals surface area contributed by atoms with Crippen molar-refractivity contribution in [1.82, 2.24) is 4.98 Å². The maximum atomic E-state index is 14.9. The molecule has 3 N–H and O–H groups in total. The van der Waals surface area contributed by atoms with E-state index < -0.39 is 34.7 Å². The number of amidine groups is 1. The van der Waals surface area contributed by atoms with Crippen molar-refractivity contribution in [2.24, 2.45) is 16.1 Å². The smallest absolute Gasteiger partial charge is 0.283 e. The van der Waals surface area contributed by atoms with Gasteiger partial charge in [-0.1, -0.05) is 0 Å². The highest BCUT2D eigenvalue weighted by atomic mass is 19.3. The lowest BCUT2D eigenvalue weighted by Gasteiger charge is -2.35. The third-order valence-corrected chi connectivity index (χ3v) is 6.86. The lowest BCUT2D eigenvalue weighted by atomic mass is 9.78. The Morgan fingerprint density at radius 3 is 2.66 bits per heavy atom. The second-order valence-corrected chi connectivity index (χ2v) is 8.64. The number of amides is 1. The summed E-state index contributed by atoms with van der Waals surface area (Å²) in [6.07, 6.45) is -0.991. The molecule has 2 saturated carbocycles. The number of hydrogen-bond acceptors (Lipinski definition) is 6. The number of aliphatic imine (C=N–C) groups is 1. The zero-order valence-corrected chi connectivity index (χ0v) is 17.2. The van der Waals surface area contributed by atoms with Gasteiger partial charge >= 0.3 is 0 Å². The van der Waals surface area contributed by atoms with Crippen LogP contribution in [0.15, 0.2) is 29.4 Å². The number of halogens is 3. The number of alkyl halides is 2. The lowest BCUT2D eigenvalue weighted by molar-refractivity contribution is 0.0136. The van der Waals surface area contributed by atoms with E-state index in [2.05, 4.69) is 15.3 Å². The standard InChI is InChI=1S/C22H18F3N5O2/c1-10-3-12(6-26)7-28-16(10)17(31)29-13-4-14(11(2)15(23)5-13)22(18(24)25)20-8-21(20,9-20)32-19(27)30-22/h3-5,7,18H,8-9H2,1-2H3,(H2,27,30)(H,29,31)/t20?,21?,22-/m1/s1. The summed E-state index contributed by atoms with van der Waals surface area (Å²) in [5, 5.41) is 11.5. The van der Waals surface area contributed by atoms with E-state index in [4.69, 9.17) is 15.7 Å². The molecule has 0 bridgehead atoms. The number of nitrogens with two attached hydrogens (primary N) is 1. The second-order valence-electron chi connectivity index (χ2n) is 8.64. The van der Waals surface area contributed by atoms with Crippen molar-refractivity contribution in [3.63, 3.8) is 0 Å². The van der Waals surface area contributed by atoms with Crippen LogP contribution in [0.4, 0.5) is 18.9 Å². The summed E-state index contributed by atoms with van der Waals surface area (Å²) in [6.45, 7) is 3.01. The summed E-state index contributed by atoms with van der Waals surface area (Å²) in [7, 11) is 0. The van der Waals surface area contributed by atoms with Gasteiger partial charge in [0, 0.05) is 24.7 Å². The largest absolute Gasteiger partial charge is 0.458 e. The average Bonchev–Trinajstić information content (AvgIpc) is 3.56. The Hall–Kier alpha value is -3.61. The number of rotatable bonds is 4. The molecule has 1 aromatic heterocycles. The number of carbonyl (C=O) groups is 1. The second kappa shape index (κ2) is 6.22. The monoisotopic (exact) mass is 441 g/mol. The van der Waals surface area contributed by atoms with Crippen LogP contribution in [-0.4, -0.2) is 28.9 Å². The Bertz CT molecular complexity index is 1260. The van der Waals surface area contributed by atoms with E-state index in [1.54, 1.807) is 6.92 Å². The van der Waals surface area contributed by atoms with Crippen molar-refractivity contribution >= 4 is 17.6 Å². The van der Waals surface area contributed by atoms with E-state index in [1.165, 1.54) is 25.3 Å². The predicted octanol–water partition coefficient (Wildman–Crippen LogP) is 3.30. The normalized spacial score (nSPS) is 29.2. The Balaban J connectivity index is 1.57. The molecule has 7 nitrogen and oxygen atoms in total. The first kappa shape index (κ1) is 20.3. The number of aryl methyl sites for hydroxylation is 1. The molecule has 2 heterocycles. The van der Waals surface area contributed by atoms with Crippen LogP contribution in [0.2, 0.25) is 0 Å². The molecule has 0 radical (unpaired) electrons. The molecule has 1 aliphatic heterocycles. The van der Waals surface area contributed by atoms with Crippen LogP contribution < -0.4 is 11.1 Å². The third-order valence-electron chi connectivity index (χ3n) is 6.86. The van der Waals surface area contributed by atoms with Crippen molar-refractivity contribution in [2.75, 3.05) is 5.32 Å². The summed E-state index contributed by atoms with van der Waals surface area (Å²) in [5.41, 5.74) is 2.72. The van der Waals surface area contributed by atoms with Crippen LogP contribution in [0.1, 0.15) is 45.6 Å². The van der Waals surface area contributed by atoms with Crippen LogP contribution >= 0.6 is 0 Å². The number of aromatic nitrogens is 1. The number of carbonyl (C=O) groups excluding carboxylic acids is 1. The molecule has 2 aliphatic carbocycles. The molecule has 1 aromatic carbocycles. The van der Waals surface area contributed by atoms with E-state index in [1.807, 2.05) is 6.07 Å². The van der Waals surface area contributed by atoms with Crippen LogP contribution in [-0.2, 0) is 10.3 Å². The van der Waals surface area contributed by atoms with E-state index in [0.29, 0.717) is 18.4 Å². The van der Waals surface area contributed by atoms with Gasteiger partial charge in [-0.2, -0.15) is 5.26 Å². The van der Waals surface area contributed by atoms with Crippen LogP contribution in [0.3, 0.4) is 0 Å². The Kier molecular flexibility index (Phi) is 3.94. The van der Waals surface area contributed by atoms with Gasteiger partial charge in [-0.05, 0) is 48.7 Å². The van der Waals surface area contributed by atoms with E-state index in [0.717, 1.165) is 6.07 Å². The van der Waals surface area contributed by atoms with E-state index >= 15 is 0 Å². The molecule has 1 amide bonds.